The molecule has 1 unspecified atom stereocenters. The predicted molar refractivity (Wildman–Crippen MR) is 94.4 cm³/mol. The standard InChI is InChI=1S/C18H26F4N4/c1-3-23-17(24-10-13-5-4-8-26(2)12-13)25-11-14-6-7-15(19)9-16(14)18(20,21)22/h6-7,9,13H,3-5,8,10-12H2,1-2H3,(H2,23,24,25). The second kappa shape index (κ2) is 9.21. The number of alkyl halides is 3. The minimum absolute atomic E-state index is 0.0477. The molecule has 0 saturated carbocycles. The topological polar surface area (TPSA) is 39.7 Å². The van der Waals surface area contributed by atoms with E-state index in [4.69, 9.17) is 0 Å². The maximum Gasteiger partial charge on any atom is 0.416 e. The lowest BCUT2D eigenvalue weighted by Gasteiger charge is -2.30. The highest BCUT2D eigenvalue weighted by atomic mass is 19.4. The number of guanidine groups is 1. The Labute approximate surface area is 151 Å². The first kappa shape index (κ1) is 20.5. The van der Waals surface area contributed by atoms with E-state index in [-0.39, 0.29) is 12.1 Å². The summed E-state index contributed by atoms with van der Waals surface area (Å²) in [6, 6.07) is 2.68. The number of rotatable bonds is 5. The van der Waals surface area contributed by atoms with E-state index in [0.29, 0.717) is 31.0 Å². The van der Waals surface area contributed by atoms with Crippen LogP contribution in [0, 0.1) is 11.7 Å². The van der Waals surface area contributed by atoms with E-state index in [9.17, 15) is 17.6 Å². The predicted octanol–water partition coefficient (Wildman–Crippen LogP) is 3.24. The van der Waals surface area contributed by atoms with Gasteiger partial charge in [0, 0.05) is 19.6 Å². The van der Waals surface area contributed by atoms with Gasteiger partial charge in [-0.05, 0) is 57.0 Å². The largest absolute Gasteiger partial charge is 0.416 e. The number of nitrogens with zero attached hydrogens (tertiary/aromatic N) is 2. The van der Waals surface area contributed by atoms with Crippen molar-refractivity contribution in [3.05, 3.63) is 35.1 Å². The number of hydrogen-bond acceptors (Lipinski definition) is 2. The molecule has 1 aliphatic rings. The summed E-state index contributed by atoms with van der Waals surface area (Å²) in [4.78, 5) is 6.52. The number of likely N-dealkylation sites (tertiary alicyclic amines) is 1. The molecule has 0 aromatic heterocycles. The molecule has 1 aromatic carbocycles. The highest BCUT2D eigenvalue weighted by Crippen LogP contribution is 2.32. The van der Waals surface area contributed by atoms with Crippen molar-refractivity contribution in [3.8, 4) is 0 Å². The first-order chi connectivity index (χ1) is 12.3. The zero-order valence-corrected chi connectivity index (χ0v) is 15.2. The molecule has 0 aliphatic carbocycles. The summed E-state index contributed by atoms with van der Waals surface area (Å²) in [5, 5.41) is 6.25. The van der Waals surface area contributed by atoms with Gasteiger partial charge in [-0.25, -0.2) is 9.38 Å². The maximum absolute atomic E-state index is 13.2. The first-order valence-electron chi connectivity index (χ1n) is 8.86. The molecule has 0 bridgehead atoms. The van der Waals surface area contributed by atoms with Gasteiger partial charge in [0.05, 0.1) is 12.1 Å². The summed E-state index contributed by atoms with van der Waals surface area (Å²) in [7, 11) is 2.08. The number of piperidine rings is 1. The average molecular weight is 374 g/mol. The van der Waals surface area contributed by atoms with Crippen molar-refractivity contribution in [1.82, 2.24) is 15.5 Å². The molecule has 1 atom stereocenters. The third-order valence-electron chi connectivity index (χ3n) is 4.41. The molecule has 2 N–H and O–H groups in total. The molecule has 1 heterocycles. The van der Waals surface area contributed by atoms with Gasteiger partial charge in [0.25, 0.3) is 0 Å². The Balaban J connectivity index is 2.04. The zero-order valence-electron chi connectivity index (χ0n) is 15.2. The lowest BCUT2D eigenvalue weighted by atomic mass is 9.99. The smallest absolute Gasteiger partial charge is 0.357 e. The number of aliphatic imine (C=N–C) groups is 1. The molecule has 0 amide bonds. The van der Waals surface area contributed by atoms with E-state index >= 15 is 0 Å². The Kier molecular flexibility index (Phi) is 7.25. The molecule has 2 rings (SSSR count). The average Bonchev–Trinajstić information content (AvgIpc) is 2.57. The summed E-state index contributed by atoms with van der Waals surface area (Å²) >= 11 is 0. The minimum atomic E-state index is -4.61. The van der Waals surface area contributed by atoms with Gasteiger partial charge in [-0.15, -0.1) is 0 Å². The van der Waals surface area contributed by atoms with Crippen molar-refractivity contribution in [1.29, 1.82) is 0 Å². The molecule has 0 radical (unpaired) electrons. The summed E-state index contributed by atoms with van der Waals surface area (Å²) in [6.45, 7) is 5.12. The van der Waals surface area contributed by atoms with Crippen molar-refractivity contribution < 1.29 is 17.6 Å². The van der Waals surface area contributed by atoms with E-state index in [1.807, 2.05) is 6.92 Å². The van der Waals surface area contributed by atoms with Gasteiger partial charge in [0.1, 0.15) is 5.82 Å². The van der Waals surface area contributed by atoms with Crippen LogP contribution in [0.3, 0.4) is 0 Å². The number of nitrogens with one attached hydrogen (secondary N) is 2. The van der Waals surface area contributed by atoms with E-state index in [0.717, 1.165) is 38.1 Å². The molecule has 146 valence electrons. The van der Waals surface area contributed by atoms with Crippen molar-refractivity contribution in [2.75, 3.05) is 33.2 Å². The Morgan fingerprint density at radius 3 is 2.73 bits per heavy atom. The Hall–Kier alpha value is -1.83. The normalized spacial score (nSPS) is 19.5. The molecular formula is C18H26F4N4. The fraction of sp³-hybridized carbons (Fsp3) is 0.611. The summed E-state index contributed by atoms with van der Waals surface area (Å²) < 4.78 is 52.4. The summed E-state index contributed by atoms with van der Waals surface area (Å²) in [5.41, 5.74) is -1.03. The van der Waals surface area contributed by atoms with Gasteiger partial charge in [0.15, 0.2) is 5.96 Å². The Morgan fingerprint density at radius 2 is 2.08 bits per heavy atom. The van der Waals surface area contributed by atoms with Crippen LogP contribution in [0.25, 0.3) is 0 Å². The van der Waals surface area contributed by atoms with Crippen molar-refractivity contribution in [3.63, 3.8) is 0 Å². The summed E-state index contributed by atoms with van der Waals surface area (Å²) in [5.74, 6) is 0.0452. The van der Waals surface area contributed by atoms with Gasteiger partial charge in [-0.3, -0.25) is 0 Å². The highest BCUT2D eigenvalue weighted by Gasteiger charge is 2.33. The number of benzene rings is 1. The number of hydrogen-bond donors (Lipinski definition) is 2. The van der Waals surface area contributed by atoms with Crippen LogP contribution in [0.15, 0.2) is 23.2 Å². The lowest BCUT2D eigenvalue weighted by molar-refractivity contribution is -0.138. The van der Waals surface area contributed by atoms with Gasteiger partial charge in [-0.1, -0.05) is 6.07 Å². The van der Waals surface area contributed by atoms with Crippen LogP contribution in [0.1, 0.15) is 30.9 Å². The van der Waals surface area contributed by atoms with Crippen LogP contribution in [-0.2, 0) is 12.7 Å². The monoisotopic (exact) mass is 374 g/mol. The quantitative estimate of drug-likeness (QED) is 0.472. The van der Waals surface area contributed by atoms with Crippen LogP contribution >= 0.6 is 0 Å². The molecule has 4 nitrogen and oxygen atoms in total. The Bertz CT molecular complexity index is 616. The Morgan fingerprint density at radius 1 is 1.31 bits per heavy atom. The molecule has 0 spiro atoms. The second-order valence-electron chi connectivity index (χ2n) is 6.65. The SMILES string of the molecule is CCNC(=NCc1ccc(F)cc1C(F)(F)F)NCC1CCCN(C)C1. The lowest BCUT2D eigenvalue weighted by Crippen LogP contribution is -2.43. The van der Waals surface area contributed by atoms with E-state index in [1.165, 1.54) is 0 Å². The maximum atomic E-state index is 13.2. The van der Waals surface area contributed by atoms with E-state index in [2.05, 4.69) is 27.6 Å². The molecular weight excluding hydrogens is 348 g/mol. The molecule has 1 saturated heterocycles. The van der Waals surface area contributed by atoms with Gasteiger partial charge in [0.2, 0.25) is 0 Å². The summed E-state index contributed by atoms with van der Waals surface area (Å²) in [6.07, 6.45) is -2.35. The van der Waals surface area contributed by atoms with E-state index in [1.54, 1.807) is 0 Å². The van der Waals surface area contributed by atoms with Crippen LogP contribution in [0.5, 0.6) is 0 Å². The zero-order chi connectivity index (χ0) is 19.2. The fourth-order valence-corrected chi connectivity index (χ4v) is 3.14. The second-order valence-corrected chi connectivity index (χ2v) is 6.65. The van der Waals surface area contributed by atoms with Crippen LogP contribution < -0.4 is 10.6 Å². The van der Waals surface area contributed by atoms with Gasteiger partial charge >= 0.3 is 6.18 Å². The fourth-order valence-electron chi connectivity index (χ4n) is 3.14. The van der Waals surface area contributed by atoms with E-state index < -0.39 is 17.6 Å². The van der Waals surface area contributed by atoms with Crippen LogP contribution in [-0.4, -0.2) is 44.1 Å². The number of halogens is 4. The third-order valence-corrected chi connectivity index (χ3v) is 4.41. The van der Waals surface area contributed by atoms with Gasteiger partial charge in [-0.2, -0.15) is 13.2 Å². The molecule has 8 heteroatoms. The van der Waals surface area contributed by atoms with Crippen molar-refractivity contribution >= 4 is 5.96 Å². The van der Waals surface area contributed by atoms with Gasteiger partial charge < -0.3 is 15.5 Å². The van der Waals surface area contributed by atoms with Crippen molar-refractivity contribution in [2.45, 2.75) is 32.5 Å². The molecule has 1 fully saturated rings. The molecule has 26 heavy (non-hydrogen) atoms. The van der Waals surface area contributed by atoms with Crippen LogP contribution in [0.2, 0.25) is 0 Å². The molecule has 1 aliphatic heterocycles. The van der Waals surface area contributed by atoms with Crippen molar-refractivity contribution in [2.24, 2.45) is 10.9 Å². The van der Waals surface area contributed by atoms with Crippen LogP contribution in [0.4, 0.5) is 17.6 Å². The minimum Gasteiger partial charge on any atom is -0.357 e. The first-order valence-corrected chi connectivity index (χ1v) is 8.86. The molecule has 1 aromatic rings. The highest BCUT2D eigenvalue weighted by molar-refractivity contribution is 5.79. The third kappa shape index (κ3) is 6.16.